The lowest BCUT2D eigenvalue weighted by molar-refractivity contribution is -0.130. The highest BCUT2D eigenvalue weighted by atomic mass is 16.2. The van der Waals surface area contributed by atoms with Gasteiger partial charge in [-0.15, -0.1) is 0 Å². The standard InChI is InChI=1S/C13H17N3O/c1-2-12(17)16-9-3-5-11(6-10-16)13-14-7-4-8-15-13/h4-5,7-8H,2-3,6,9-10H2,1H3. The Morgan fingerprint density at radius 3 is 2.82 bits per heavy atom. The van der Waals surface area contributed by atoms with Crippen LogP contribution >= 0.6 is 0 Å². The van der Waals surface area contributed by atoms with Gasteiger partial charge < -0.3 is 4.90 Å². The Labute approximate surface area is 101 Å². The van der Waals surface area contributed by atoms with E-state index >= 15 is 0 Å². The van der Waals surface area contributed by atoms with Crippen molar-refractivity contribution in [3.8, 4) is 0 Å². The third-order valence-electron chi connectivity index (χ3n) is 2.95. The zero-order valence-corrected chi connectivity index (χ0v) is 10.1. The molecular weight excluding hydrogens is 214 g/mol. The molecule has 0 saturated carbocycles. The van der Waals surface area contributed by atoms with Gasteiger partial charge in [0.05, 0.1) is 0 Å². The van der Waals surface area contributed by atoms with Crippen LogP contribution in [0.3, 0.4) is 0 Å². The Morgan fingerprint density at radius 2 is 2.12 bits per heavy atom. The number of carbonyl (C=O) groups excluding carboxylic acids is 1. The largest absolute Gasteiger partial charge is 0.342 e. The summed E-state index contributed by atoms with van der Waals surface area (Å²) in [7, 11) is 0. The first-order chi connectivity index (χ1) is 8.31. The highest BCUT2D eigenvalue weighted by Crippen LogP contribution is 2.18. The fourth-order valence-corrected chi connectivity index (χ4v) is 2.00. The topological polar surface area (TPSA) is 46.1 Å². The molecule has 1 amide bonds. The summed E-state index contributed by atoms with van der Waals surface area (Å²) in [6.45, 7) is 3.49. The molecule has 2 rings (SSSR count). The molecule has 0 fully saturated rings. The fourth-order valence-electron chi connectivity index (χ4n) is 2.00. The molecule has 4 heteroatoms. The molecule has 0 aromatic carbocycles. The van der Waals surface area contributed by atoms with Crippen molar-refractivity contribution in [2.24, 2.45) is 0 Å². The van der Waals surface area contributed by atoms with E-state index in [0.717, 1.165) is 37.3 Å². The maximum atomic E-state index is 11.6. The molecule has 17 heavy (non-hydrogen) atoms. The third kappa shape index (κ3) is 2.90. The second-order valence-electron chi connectivity index (χ2n) is 4.07. The van der Waals surface area contributed by atoms with Crippen LogP contribution in [0.4, 0.5) is 0 Å². The highest BCUT2D eigenvalue weighted by Gasteiger charge is 2.15. The van der Waals surface area contributed by atoms with E-state index in [1.165, 1.54) is 0 Å². The van der Waals surface area contributed by atoms with Gasteiger partial charge in [0.2, 0.25) is 5.91 Å². The molecular formula is C13H17N3O. The van der Waals surface area contributed by atoms with Crippen molar-refractivity contribution in [3.63, 3.8) is 0 Å². The van der Waals surface area contributed by atoms with Crippen molar-refractivity contribution in [2.45, 2.75) is 26.2 Å². The fraction of sp³-hybridized carbons (Fsp3) is 0.462. The van der Waals surface area contributed by atoms with Crippen LogP contribution in [0.15, 0.2) is 24.5 Å². The van der Waals surface area contributed by atoms with Crippen LogP contribution in [0.1, 0.15) is 32.0 Å². The Balaban J connectivity index is 2.05. The molecule has 2 heterocycles. The van der Waals surface area contributed by atoms with Crippen LogP contribution in [0.2, 0.25) is 0 Å². The molecule has 1 aromatic rings. The molecule has 1 aliphatic rings. The summed E-state index contributed by atoms with van der Waals surface area (Å²) < 4.78 is 0. The monoisotopic (exact) mass is 231 g/mol. The van der Waals surface area contributed by atoms with E-state index in [0.29, 0.717) is 6.42 Å². The summed E-state index contributed by atoms with van der Waals surface area (Å²) in [5.41, 5.74) is 1.15. The van der Waals surface area contributed by atoms with Crippen molar-refractivity contribution in [1.82, 2.24) is 14.9 Å². The van der Waals surface area contributed by atoms with Crippen molar-refractivity contribution >= 4 is 11.5 Å². The zero-order chi connectivity index (χ0) is 12.1. The number of hydrogen-bond donors (Lipinski definition) is 0. The second-order valence-corrected chi connectivity index (χ2v) is 4.07. The summed E-state index contributed by atoms with van der Waals surface area (Å²) in [4.78, 5) is 22.1. The van der Waals surface area contributed by atoms with Crippen LogP contribution < -0.4 is 0 Å². The molecule has 0 bridgehead atoms. The van der Waals surface area contributed by atoms with Crippen molar-refractivity contribution < 1.29 is 4.79 Å². The Kier molecular flexibility index (Phi) is 3.85. The number of rotatable bonds is 2. The van der Waals surface area contributed by atoms with Gasteiger partial charge >= 0.3 is 0 Å². The van der Waals surface area contributed by atoms with Gasteiger partial charge in [0, 0.05) is 31.9 Å². The summed E-state index contributed by atoms with van der Waals surface area (Å²) >= 11 is 0. The molecule has 0 unspecified atom stereocenters. The van der Waals surface area contributed by atoms with E-state index in [2.05, 4.69) is 16.0 Å². The summed E-state index contributed by atoms with van der Waals surface area (Å²) in [5, 5.41) is 0. The zero-order valence-electron chi connectivity index (χ0n) is 10.1. The molecule has 1 aromatic heterocycles. The lowest BCUT2D eigenvalue weighted by Gasteiger charge is -2.19. The van der Waals surface area contributed by atoms with Gasteiger partial charge in [0.25, 0.3) is 0 Å². The molecule has 0 saturated heterocycles. The van der Waals surface area contributed by atoms with E-state index in [-0.39, 0.29) is 5.91 Å². The lowest BCUT2D eigenvalue weighted by atomic mass is 10.1. The molecule has 0 radical (unpaired) electrons. The number of nitrogens with zero attached hydrogens (tertiary/aromatic N) is 3. The van der Waals surface area contributed by atoms with Crippen LogP contribution in [0.5, 0.6) is 0 Å². The lowest BCUT2D eigenvalue weighted by Crippen LogP contribution is -2.31. The van der Waals surface area contributed by atoms with E-state index in [1.807, 2.05) is 17.9 Å². The minimum Gasteiger partial charge on any atom is -0.342 e. The van der Waals surface area contributed by atoms with Gasteiger partial charge in [-0.2, -0.15) is 0 Å². The first-order valence-corrected chi connectivity index (χ1v) is 6.05. The summed E-state index contributed by atoms with van der Waals surface area (Å²) in [5.74, 6) is 1.02. The van der Waals surface area contributed by atoms with E-state index in [9.17, 15) is 4.79 Å². The van der Waals surface area contributed by atoms with Gasteiger partial charge in [-0.05, 0) is 24.5 Å². The first kappa shape index (κ1) is 11.8. The maximum absolute atomic E-state index is 11.6. The summed E-state index contributed by atoms with van der Waals surface area (Å²) in [6.07, 6.45) is 7.97. The van der Waals surface area contributed by atoms with Gasteiger partial charge in [0.1, 0.15) is 0 Å². The van der Waals surface area contributed by atoms with Gasteiger partial charge in [-0.1, -0.05) is 13.0 Å². The number of amides is 1. The van der Waals surface area contributed by atoms with Gasteiger partial charge in [0.15, 0.2) is 5.82 Å². The number of hydrogen-bond acceptors (Lipinski definition) is 3. The molecule has 0 aliphatic carbocycles. The molecule has 1 aliphatic heterocycles. The third-order valence-corrected chi connectivity index (χ3v) is 2.95. The number of carbonyl (C=O) groups is 1. The Morgan fingerprint density at radius 1 is 1.35 bits per heavy atom. The van der Waals surface area contributed by atoms with Gasteiger partial charge in [-0.3, -0.25) is 4.79 Å². The molecule has 0 spiro atoms. The van der Waals surface area contributed by atoms with Crippen molar-refractivity contribution in [3.05, 3.63) is 30.4 Å². The molecule has 0 N–H and O–H groups in total. The van der Waals surface area contributed by atoms with Crippen molar-refractivity contribution in [1.29, 1.82) is 0 Å². The maximum Gasteiger partial charge on any atom is 0.222 e. The normalized spacial score (nSPS) is 16.3. The predicted molar refractivity (Wildman–Crippen MR) is 66.1 cm³/mol. The Hall–Kier alpha value is -1.71. The van der Waals surface area contributed by atoms with E-state index in [1.54, 1.807) is 12.4 Å². The average molecular weight is 231 g/mol. The van der Waals surface area contributed by atoms with Crippen LogP contribution in [0, 0.1) is 0 Å². The SMILES string of the molecule is CCC(=O)N1CCC=C(c2ncccn2)CC1. The Bertz CT molecular complexity index is 414. The van der Waals surface area contributed by atoms with Crippen LogP contribution in [-0.4, -0.2) is 33.9 Å². The average Bonchev–Trinajstić information content (AvgIpc) is 2.64. The van der Waals surface area contributed by atoms with Crippen LogP contribution in [0.25, 0.3) is 5.57 Å². The van der Waals surface area contributed by atoms with E-state index < -0.39 is 0 Å². The van der Waals surface area contributed by atoms with Crippen LogP contribution in [-0.2, 0) is 4.79 Å². The van der Waals surface area contributed by atoms with E-state index in [4.69, 9.17) is 0 Å². The van der Waals surface area contributed by atoms with Crippen molar-refractivity contribution in [2.75, 3.05) is 13.1 Å². The highest BCUT2D eigenvalue weighted by molar-refractivity contribution is 5.76. The minimum absolute atomic E-state index is 0.230. The predicted octanol–water partition coefficient (Wildman–Crippen LogP) is 1.89. The molecule has 90 valence electrons. The second kappa shape index (κ2) is 5.57. The molecule has 4 nitrogen and oxygen atoms in total. The summed E-state index contributed by atoms with van der Waals surface area (Å²) in [6, 6.07) is 1.81. The minimum atomic E-state index is 0.230. The van der Waals surface area contributed by atoms with Gasteiger partial charge in [-0.25, -0.2) is 9.97 Å². The first-order valence-electron chi connectivity index (χ1n) is 6.05. The quantitative estimate of drug-likeness (QED) is 0.781. The smallest absolute Gasteiger partial charge is 0.222 e. The number of aromatic nitrogens is 2. The molecule has 0 atom stereocenters.